The van der Waals surface area contributed by atoms with Crippen LogP contribution in [0.3, 0.4) is 0 Å². The molecule has 114 valence electrons. The van der Waals surface area contributed by atoms with Gasteiger partial charge in [-0.25, -0.2) is 9.78 Å². The van der Waals surface area contributed by atoms with E-state index in [4.69, 9.17) is 0 Å². The van der Waals surface area contributed by atoms with E-state index in [9.17, 15) is 14.7 Å². The van der Waals surface area contributed by atoms with Crippen LogP contribution < -0.4 is 5.32 Å². The van der Waals surface area contributed by atoms with E-state index in [1.807, 2.05) is 0 Å². The van der Waals surface area contributed by atoms with Crippen LogP contribution >= 0.6 is 11.3 Å². The summed E-state index contributed by atoms with van der Waals surface area (Å²) in [5.74, 6) is -0.670. The van der Waals surface area contributed by atoms with Crippen molar-refractivity contribution >= 4 is 33.3 Å². The van der Waals surface area contributed by atoms with E-state index in [1.165, 1.54) is 11.3 Å². The van der Waals surface area contributed by atoms with E-state index in [1.54, 1.807) is 17.6 Å². The van der Waals surface area contributed by atoms with Crippen LogP contribution in [0.1, 0.15) is 27.3 Å². The van der Waals surface area contributed by atoms with E-state index in [-0.39, 0.29) is 23.2 Å². The monoisotopic (exact) mass is 317 g/mol. The van der Waals surface area contributed by atoms with Crippen molar-refractivity contribution in [1.82, 2.24) is 15.2 Å². The summed E-state index contributed by atoms with van der Waals surface area (Å²) in [6.45, 7) is 3.08. The lowest BCUT2D eigenvalue weighted by Crippen LogP contribution is -2.43. The molecule has 3 atom stereocenters. The summed E-state index contributed by atoms with van der Waals surface area (Å²) in [5, 5.41) is 14.4. The molecule has 1 amide bonds. The minimum atomic E-state index is -0.982. The summed E-state index contributed by atoms with van der Waals surface area (Å²) < 4.78 is 0.778. The van der Waals surface area contributed by atoms with Gasteiger partial charge < -0.3 is 15.3 Å². The molecular weight excluding hydrogens is 302 g/mol. The summed E-state index contributed by atoms with van der Waals surface area (Å²) in [7, 11) is 0. The standard InChI is InChI=1S/C15H15N3O3S/c19-14(17-12-6-18-2-1-8(12)5-18)11-3-9-10(15(20)21)7-22-13(9)4-16-11/h3-4,7-8,12H,1-2,5-6H2,(H,17,19)(H,20,21). The zero-order valence-electron chi connectivity index (χ0n) is 11.8. The predicted molar refractivity (Wildman–Crippen MR) is 82.4 cm³/mol. The number of aromatic carboxylic acids is 1. The van der Waals surface area contributed by atoms with Crippen molar-refractivity contribution in [2.75, 3.05) is 19.6 Å². The second-order valence-corrected chi connectivity index (χ2v) is 6.82. The van der Waals surface area contributed by atoms with Gasteiger partial charge in [-0.2, -0.15) is 0 Å². The van der Waals surface area contributed by atoms with Crippen LogP contribution in [0.2, 0.25) is 0 Å². The fourth-order valence-electron chi connectivity index (χ4n) is 3.41. The molecule has 0 spiro atoms. The van der Waals surface area contributed by atoms with Gasteiger partial charge in [0.05, 0.1) is 10.3 Å². The lowest BCUT2D eigenvalue weighted by Gasteiger charge is -2.22. The third kappa shape index (κ3) is 2.17. The number of rotatable bonds is 3. The molecule has 6 nitrogen and oxygen atoms in total. The van der Waals surface area contributed by atoms with Gasteiger partial charge >= 0.3 is 5.97 Å². The number of aromatic nitrogens is 1. The van der Waals surface area contributed by atoms with Crippen molar-refractivity contribution in [3.8, 4) is 0 Å². The molecule has 0 aromatic carbocycles. The lowest BCUT2D eigenvalue weighted by atomic mass is 10.00. The quantitative estimate of drug-likeness (QED) is 0.895. The SMILES string of the molecule is O=C(NC1CN2CCC1C2)c1cc2c(C(=O)O)csc2cn1. The predicted octanol–water partition coefficient (Wildman–Crippen LogP) is 1.43. The summed E-state index contributed by atoms with van der Waals surface area (Å²) in [6.07, 6.45) is 2.71. The first-order valence-electron chi connectivity index (χ1n) is 7.25. The maximum Gasteiger partial charge on any atom is 0.337 e. The minimum Gasteiger partial charge on any atom is -0.478 e. The fraction of sp³-hybridized carbons (Fsp3) is 0.400. The normalized spacial score (nSPS) is 26.5. The number of pyridine rings is 1. The Balaban J connectivity index is 1.59. The Morgan fingerprint density at radius 3 is 2.95 bits per heavy atom. The maximum absolute atomic E-state index is 12.4. The smallest absolute Gasteiger partial charge is 0.337 e. The number of piperidine rings is 1. The molecule has 2 aromatic heterocycles. The first-order chi connectivity index (χ1) is 10.6. The molecule has 3 unspecified atom stereocenters. The molecule has 2 aliphatic heterocycles. The molecule has 0 saturated carbocycles. The highest BCUT2D eigenvalue weighted by molar-refractivity contribution is 7.17. The van der Waals surface area contributed by atoms with Gasteiger partial charge in [-0.05, 0) is 24.9 Å². The average Bonchev–Trinajstić information content (AvgIpc) is 3.20. The van der Waals surface area contributed by atoms with Gasteiger partial charge in [0.15, 0.2) is 0 Å². The number of nitrogens with one attached hydrogen (secondary N) is 1. The highest BCUT2D eigenvalue weighted by Gasteiger charge is 2.38. The van der Waals surface area contributed by atoms with Crippen LogP contribution in [0.25, 0.3) is 10.1 Å². The molecule has 2 N–H and O–H groups in total. The van der Waals surface area contributed by atoms with Crippen molar-refractivity contribution in [1.29, 1.82) is 0 Å². The molecule has 4 rings (SSSR count). The number of hydrogen-bond donors (Lipinski definition) is 2. The number of fused-ring (bicyclic) bond motifs is 3. The molecule has 4 heterocycles. The Kier molecular flexibility index (Phi) is 3.12. The first kappa shape index (κ1) is 13.7. The molecule has 2 aliphatic rings. The van der Waals surface area contributed by atoms with Crippen molar-refractivity contribution in [2.45, 2.75) is 12.5 Å². The highest BCUT2D eigenvalue weighted by atomic mass is 32.1. The van der Waals surface area contributed by atoms with E-state index >= 15 is 0 Å². The molecule has 22 heavy (non-hydrogen) atoms. The van der Waals surface area contributed by atoms with Crippen LogP contribution in [0, 0.1) is 5.92 Å². The van der Waals surface area contributed by atoms with Gasteiger partial charge in [0.25, 0.3) is 5.91 Å². The summed E-state index contributed by atoms with van der Waals surface area (Å²) in [4.78, 5) is 30.1. The largest absolute Gasteiger partial charge is 0.478 e. The van der Waals surface area contributed by atoms with Gasteiger partial charge in [-0.3, -0.25) is 4.79 Å². The molecule has 0 aliphatic carbocycles. The zero-order valence-corrected chi connectivity index (χ0v) is 12.6. The van der Waals surface area contributed by atoms with Crippen molar-refractivity contribution < 1.29 is 14.7 Å². The Hall–Kier alpha value is -1.99. The molecular formula is C15H15N3O3S. The Morgan fingerprint density at radius 2 is 2.27 bits per heavy atom. The highest BCUT2D eigenvalue weighted by Crippen LogP contribution is 2.29. The number of carboxylic acids is 1. The van der Waals surface area contributed by atoms with Crippen molar-refractivity contribution in [3.05, 3.63) is 28.9 Å². The summed E-state index contributed by atoms with van der Waals surface area (Å²) in [5.41, 5.74) is 0.508. The van der Waals surface area contributed by atoms with Gasteiger partial charge in [0.1, 0.15) is 5.69 Å². The van der Waals surface area contributed by atoms with E-state index in [0.717, 1.165) is 30.8 Å². The van der Waals surface area contributed by atoms with Crippen LogP contribution in [0.4, 0.5) is 0 Å². The lowest BCUT2D eigenvalue weighted by molar-refractivity contribution is 0.0699. The number of amides is 1. The number of hydrogen-bond acceptors (Lipinski definition) is 5. The van der Waals surface area contributed by atoms with E-state index in [0.29, 0.717) is 11.3 Å². The maximum atomic E-state index is 12.4. The first-order valence-corrected chi connectivity index (χ1v) is 8.13. The molecule has 2 saturated heterocycles. The summed E-state index contributed by atoms with van der Waals surface area (Å²) >= 11 is 1.32. The molecule has 7 heteroatoms. The second-order valence-electron chi connectivity index (χ2n) is 5.91. The molecule has 2 bridgehead atoms. The molecule has 2 aromatic rings. The number of carboxylic acid groups (broad SMARTS) is 1. The number of nitrogens with zero attached hydrogens (tertiary/aromatic N) is 2. The van der Waals surface area contributed by atoms with Gasteiger partial charge in [-0.1, -0.05) is 0 Å². The second kappa shape index (κ2) is 5.03. The number of carbonyl (C=O) groups excluding carboxylic acids is 1. The Morgan fingerprint density at radius 1 is 1.41 bits per heavy atom. The third-order valence-electron chi connectivity index (χ3n) is 4.57. The van der Waals surface area contributed by atoms with Gasteiger partial charge in [0, 0.05) is 36.1 Å². The Bertz CT molecular complexity index is 772. The third-order valence-corrected chi connectivity index (χ3v) is 5.51. The molecule has 0 radical (unpaired) electrons. The van der Waals surface area contributed by atoms with Crippen LogP contribution in [-0.2, 0) is 0 Å². The summed E-state index contributed by atoms with van der Waals surface area (Å²) in [6, 6.07) is 1.76. The molecule has 2 fully saturated rings. The fourth-order valence-corrected chi connectivity index (χ4v) is 4.29. The Labute approximate surface area is 130 Å². The number of carbonyl (C=O) groups is 2. The average molecular weight is 317 g/mol. The van der Waals surface area contributed by atoms with Gasteiger partial charge in [-0.15, -0.1) is 11.3 Å². The van der Waals surface area contributed by atoms with Gasteiger partial charge in [0.2, 0.25) is 0 Å². The van der Waals surface area contributed by atoms with Crippen LogP contribution in [-0.4, -0.2) is 52.5 Å². The van der Waals surface area contributed by atoms with Crippen LogP contribution in [0.5, 0.6) is 0 Å². The van der Waals surface area contributed by atoms with Crippen molar-refractivity contribution in [3.63, 3.8) is 0 Å². The van der Waals surface area contributed by atoms with E-state index < -0.39 is 5.97 Å². The zero-order chi connectivity index (χ0) is 15.3. The van der Waals surface area contributed by atoms with Crippen molar-refractivity contribution in [2.24, 2.45) is 5.92 Å². The topological polar surface area (TPSA) is 82.5 Å². The van der Waals surface area contributed by atoms with E-state index in [2.05, 4.69) is 15.2 Å². The van der Waals surface area contributed by atoms with Crippen LogP contribution in [0.15, 0.2) is 17.6 Å². The number of thiophene rings is 1. The minimum absolute atomic E-state index is 0.181.